The normalized spacial score (nSPS) is 20.8. The molecule has 2 N–H and O–H groups in total. The van der Waals surface area contributed by atoms with Crippen LogP contribution in [0.2, 0.25) is 0 Å². The van der Waals surface area contributed by atoms with E-state index < -0.39 is 0 Å². The Balaban J connectivity index is 1.77. The molecular weight excluding hydrogens is 272 g/mol. The predicted octanol–water partition coefficient (Wildman–Crippen LogP) is 1.60. The topological polar surface area (TPSA) is 85.2 Å². The molecule has 7 heteroatoms. The molecule has 0 atom stereocenters. The highest BCUT2D eigenvalue weighted by Crippen LogP contribution is 2.38. The van der Waals surface area contributed by atoms with Crippen molar-refractivity contribution in [3.8, 4) is 0 Å². The second kappa shape index (κ2) is 6.60. The molecule has 0 unspecified atom stereocenters. The van der Waals surface area contributed by atoms with Crippen molar-refractivity contribution in [2.75, 3.05) is 12.0 Å². The molecule has 1 saturated carbocycles. The SMILES string of the molecule is CC(=O)Nn1nccc1C1CC(OC(=O)NCC(C)C)C1. The van der Waals surface area contributed by atoms with Gasteiger partial charge < -0.3 is 10.1 Å². The summed E-state index contributed by atoms with van der Waals surface area (Å²) in [6.07, 6.45) is 2.72. The van der Waals surface area contributed by atoms with E-state index in [0.29, 0.717) is 12.5 Å². The second-order valence-corrected chi connectivity index (χ2v) is 5.81. The van der Waals surface area contributed by atoms with Crippen molar-refractivity contribution in [2.45, 2.75) is 45.6 Å². The number of carbonyl (C=O) groups is 2. The highest BCUT2D eigenvalue weighted by atomic mass is 16.6. The van der Waals surface area contributed by atoms with Crippen LogP contribution in [0.1, 0.15) is 45.2 Å². The van der Waals surface area contributed by atoms with Crippen molar-refractivity contribution >= 4 is 12.0 Å². The van der Waals surface area contributed by atoms with E-state index in [1.54, 1.807) is 6.20 Å². The van der Waals surface area contributed by atoms with E-state index >= 15 is 0 Å². The van der Waals surface area contributed by atoms with Gasteiger partial charge in [-0.1, -0.05) is 13.8 Å². The number of aromatic nitrogens is 2. The van der Waals surface area contributed by atoms with Crippen LogP contribution in [0, 0.1) is 5.92 Å². The van der Waals surface area contributed by atoms with Gasteiger partial charge in [-0.3, -0.25) is 4.79 Å². The zero-order valence-corrected chi connectivity index (χ0v) is 12.6. The van der Waals surface area contributed by atoms with Crippen molar-refractivity contribution in [3.63, 3.8) is 0 Å². The first-order valence-electron chi connectivity index (χ1n) is 7.21. The Bertz CT molecular complexity index is 506. The van der Waals surface area contributed by atoms with Gasteiger partial charge in [-0.25, -0.2) is 10.2 Å². The largest absolute Gasteiger partial charge is 0.446 e. The quantitative estimate of drug-likeness (QED) is 0.863. The van der Waals surface area contributed by atoms with E-state index in [2.05, 4.69) is 15.8 Å². The van der Waals surface area contributed by atoms with Gasteiger partial charge in [0.1, 0.15) is 6.10 Å². The summed E-state index contributed by atoms with van der Waals surface area (Å²) in [4.78, 5) is 24.1. The Labute approximate surface area is 124 Å². The minimum atomic E-state index is -0.359. The minimum Gasteiger partial charge on any atom is -0.446 e. The van der Waals surface area contributed by atoms with Gasteiger partial charge >= 0.3 is 6.09 Å². The molecule has 1 aliphatic rings. The Morgan fingerprint density at radius 3 is 2.81 bits per heavy atom. The number of hydrogen-bond acceptors (Lipinski definition) is 4. The first-order chi connectivity index (χ1) is 9.95. The highest BCUT2D eigenvalue weighted by molar-refractivity contribution is 5.80. The average molecular weight is 294 g/mol. The number of nitrogens with one attached hydrogen (secondary N) is 2. The summed E-state index contributed by atoms with van der Waals surface area (Å²) in [5.41, 5.74) is 3.58. The molecule has 21 heavy (non-hydrogen) atoms. The standard InChI is InChI=1S/C14H22N4O3/c1-9(2)8-15-14(20)21-12-6-11(7-12)13-4-5-16-18(13)17-10(3)19/h4-5,9,11-12H,6-8H2,1-3H3,(H,15,20)(H,17,19). The smallest absolute Gasteiger partial charge is 0.407 e. The summed E-state index contributed by atoms with van der Waals surface area (Å²) in [6.45, 7) is 6.12. The Morgan fingerprint density at radius 2 is 2.19 bits per heavy atom. The first kappa shape index (κ1) is 15.3. The molecule has 0 spiro atoms. The van der Waals surface area contributed by atoms with Crippen LogP contribution in [-0.4, -0.2) is 34.5 Å². The van der Waals surface area contributed by atoms with Crippen LogP contribution < -0.4 is 10.7 Å². The Morgan fingerprint density at radius 1 is 1.48 bits per heavy atom. The molecule has 0 bridgehead atoms. The van der Waals surface area contributed by atoms with E-state index in [-0.39, 0.29) is 24.0 Å². The molecule has 0 radical (unpaired) electrons. The lowest BCUT2D eigenvalue weighted by Crippen LogP contribution is -2.38. The van der Waals surface area contributed by atoms with Crippen molar-refractivity contribution in [1.82, 2.24) is 15.2 Å². The van der Waals surface area contributed by atoms with Gasteiger partial charge in [0, 0.05) is 19.4 Å². The van der Waals surface area contributed by atoms with Gasteiger partial charge in [0.25, 0.3) is 0 Å². The van der Waals surface area contributed by atoms with Crippen molar-refractivity contribution in [1.29, 1.82) is 0 Å². The Kier molecular flexibility index (Phi) is 4.82. The number of hydrogen-bond donors (Lipinski definition) is 2. The fourth-order valence-electron chi connectivity index (χ4n) is 2.25. The van der Waals surface area contributed by atoms with Crippen LogP contribution in [0.3, 0.4) is 0 Å². The van der Waals surface area contributed by atoms with Gasteiger partial charge in [-0.2, -0.15) is 9.89 Å². The van der Waals surface area contributed by atoms with E-state index in [9.17, 15) is 9.59 Å². The van der Waals surface area contributed by atoms with E-state index in [1.807, 2.05) is 19.9 Å². The number of amides is 2. The molecule has 1 aromatic heterocycles. The first-order valence-corrected chi connectivity index (χ1v) is 7.21. The summed E-state index contributed by atoms with van der Waals surface area (Å²) in [5, 5.41) is 6.79. The fraction of sp³-hybridized carbons (Fsp3) is 0.643. The summed E-state index contributed by atoms with van der Waals surface area (Å²) >= 11 is 0. The lowest BCUT2D eigenvalue weighted by atomic mass is 9.80. The van der Waals surface area contributed by atoms with E-state index in [4.69, 9.17) is 4.74 Å². The average Bonchev–Trinajstić information content (AvgIpc) is 2.77. The van der Waals surface area contributed by atoms with Crippen LogP contribution >= 0.6 is 0 Å². The van der Waals surface area contributed by atoms with Gasteiger partial charge in [-0.05, 0) is 24.8 Å². The summed E-state index contributed by atoms with van der Waals surface area (Å²) in [7, 11) is 0. The third kappa shape index (κ3) is 4.21. The molecule has 1 heterocycles. The van der Waals surface area contributed by atoms with Crippen molar-refractivity contribution in [3.05, 3.63) is 18.0 Å². The van der Waals surface area contributed by atoms with Crippen LogP contribution in [-0.2, 0) is 9.53 Å². The molecule has 0 aromatic carbocycles. The monoisotopic (exact) mass is 294 g/mol. The fourth-order valence-corrected chi connectivity index (χ4v) is 2.25. The second-order valence-electron chi connectivity index (χ2n) is 5.81. The minimum absolute atomic E-state index is 0.0668. The number of nitrogens with zero attached hydrogens (tertiary/aromatic N) is 2. The van der Waals surface area contributed by atoms with Gasteiger partial charge in [-0.15, -0.1) is 0 Å². The zero-order chi connectivity index (χ0) is 15.4. The molecule has 7 nitrogen and oxygen atoms in total. The lowest BCUT2D eigenvalue weighted by molar-refractivity contribution is -0.115. The zero-order valence-electron chi connectivity index (χ0n) is 12.6. The summed E-state index contributed by atoms with van der Waals surface area (Å²) in [5.74, 6) is 0.487. The molecule has 0 aliphatic heterocycles. The number of carbonyl (C=O) groups excluding carboxylic acids is 2. The molecule has 2 rings (SSSR count). The highest BCUT2D eigenvalue weighted by Gasteiger charge is 2.35. The van der Waals surface area contributed by atoms with Crippen LogP contribution in [0.15, 0.2) is 12.3 Å². The molecule has 116 valence electrons. The van der Waals surface area contributed by atoms with Gasteiger partial charge in [0.15, 0.2) is 0 Å². The van der Waals surface area contributed by atoms with Gasteiger partial charge in [0.2, 0.25) is 5.91 Å². The number of rotatable bonds is 5. The maximum atomic E-state index is 11.5. The predicted molar refractivity (Wildman–Crippen MR) is 77.4 cm³/mol. The molecule has 1 aliphatic carbocycles. The van der Waals surface area contributed by atoms with Crippen molar-refractivity contribution in [2.24, 2.45) is 5.92 Å². The molecular formula is C14H22N4O3. The van der Waals surface area contributed by atoms with Crippen LogP contribution in [0.5, 0.6) is 0 Å². The van der Waals surface area contributed by atoms with E-state index in [1.165, 1.54) is 11.7 Å². The Hall–Kier alpha value is -2.05. The third-order valence-electron chi connectivity index (χ3n) is 3.38. The molecule has 2 amide bonds. The number of ether oxygens (including phenoxy) is 1. The molecule has 1 fully saturated rings. The summed E-state index contributed by atoms with van der Waals surface area (Å²) in [6, 6.07) is 1.87. The van der Waals surface area contributed by atoms with Crippen LogP contribution in [0.4, 0.5) is 4.79 Å². The van der Waals surface area contributed by atoms with Gasteiger partial charge in [0.05, 0.1) is 11.9 Å². The van der Waals surface area contributed by atoms with Crippen molar-refractivity contribution < 1.29 is 14.3 Å². The maximum Gasteiger partial charge on any atom is 0.407 e. The van der Waals surface area contributed by atoms with E-state index in [0.717, 1.165) is 18.5 Å². The molecule has 0 saturated heterocycles. The lowest BCUT2D eigenvalue weighted by Gasteiger charge is -2.34. The van der Waals surface area contributed by atoms with Crippen LogP contribution in [0.25, 0.3) is 0 Å². The molecule has 1 aromatic rings. The summed E-state index contributed by atoms with van der Waals surface area (Å²) < 4.78 is 5.32. The third-order valence-corrected chi connectivity index (χ3v) is 3.38. The maximum absolute atomic E-state index is 11.5. The number of alkyl carbamates (subject to hydrolysis) is 1.